The van der Waals surface area contributed by atoms with E-state index in [9.17, 15) is 0 Å². The van der Waals surface area contributed by atoms with Crippen LogP contribution in [0, 0.1) is 13.8 Å². The molecule has 16 heavy (non-hydrogen) atoms. The van der Waals surface area contributed by atoms with Crippen molar-refractivity contribution in [3.8, 4) is 0 Å². The highest BCUT2D eigenvalue weighted by Gasteiger charge is 2.18. The molecule has 0 saturated heterocycles. The fourth-order valence-electron chi connectivity index (χ4n) is 1.72. The average Bonchev–Trinajstić information content (AvgIpc) is 2.84. The van der Waals surface area contributed by atoms with Crippen LogP contribution in [0.2, 0.25) is 0 Å². The van der Waals surface area contributed by atoms with E-state index in [0.29, 0.717) is 6.04 Å². The number of nitrogens with zero attached hydrogens (tertiary/aromatic N) is 1. The van der Waals surface area contributed by atoms with Crippen molar-refractivity contribution in [3.05, 3.63) is 38.0 Å². The second-order valence-electron chi connectivity index (χ2n) is 3.74. The van der Waals surface area contributed by atoms with Gasteiger partial charge in [-0.25, -0.2) is 4.98 Å². The van der Waals surface area contributed by atoms with Crippen LogP contribution in [0.25, 0.3) is 0 Å². The van der Waals surface area contributed by atoms with Gasteiger partial charge in [0.2, 0.25) is 0 Å². The second kappa shape index (κ2) is 5.08. The Bertz CT molecular complexity index is 459. The maximum absolute atomic E-state index is 4.34. The summed E-state index contributed by atoms with van der Waals surface area (Å²) in [6.45, 7) is 7.34. The first-order chi connectivity index (χ1) is 7.72. The minimum absolute atomic E-state index is 0.316. The topological polar surface area (TPSA) is 24.9 Å². The fraction of sp³-hybridized carbons (Fsp3) is 0.417. The molecule has 0 radical (unpaired) electrons. The van der Waals surface area contributed by atoms with E-state index >= 15 is 0 Å². The van der Waals surface area contributed by atoms with Crippen molar-refractivity contribution in [2.45, 2.75) is 26.8 Å². The van der Waals surface area contributed by atoms with Gasteiger partial charge in [0.25, 0.3) is 0 Å². The third-order valence-corrected chi connectivity index (χ3v) is 4.56. The molecule has 0 aliphatic carbocycles. The highest BCUT2D eigenvalue weighted by atomic mass is 32.1. The van der Waals surface area contributed by atoms with Gasteiger partial charge in [-0.15, -0.1) is 22.7 Å². The van der Waals surface area contributed by atoms with Gasteiger partial charge in [0, 0.05) is 14.6 Å². The molecule has 86 valence electrons. The Labute approximate surface area is 104 Å². The first-order valence-electron chi connectivity index (χ1n) is 5.42. The molecule has 0 saturated carbocycles. The Morgan fingerprint density at radius 2 is 2.19 bits per heavy atom. The largest absolute Gasteiger partial charge is 0.305 e. The Kier molecular flexibility index (Phi) is 3.74. The van der Waals surface area contributed by atoms with E-state index in [1.165, 1.54) is 14.6 Å². The molecule has 1 atom stereocenters. The molecule has 0 fully saturated rings. The van der Waals surface area contributed by atoms with Gasteiger partial charge >= 0.3 is 0 Å². The van der Waals surface area contributed by atoms with Crippen LogP contribution >= 0.6 is 22.7 Å². The minimum Gasteiger partial charge on any atom is -0.305 e. The molecule has 1 N–H and O–H groups in total. The van der Waals surface area contributed by atoms with Gasteiger partial charge in [-0.2, -0.15) is 0 Å². The Morgan fingerprint density at radius 3 is 2.69 bits per heavy atom. The van der Waals surface area contributed by atoms with Crippen LogP contribution in [0.1, 0.15) is 33.3 Å². The molecular weight excluding hydrogens is 236 g/mol. The van der Waals surface area contributed by atoms with Crippen molar-refractivity contribution >= 4 is 22.7 Å². The monoisotopic (exact) mass is 252 g/mol. The summed E-state index contributed by atoms with van der Waals surface area (Å²) in [7, 11) is 0. The van der Waals surface area contributed by atoms with Crippen molar-refractivity contribution < 1.29 is 0 Å². The first kappa shape index (κ1) is 11.8. The van der Waals surface area contributed by atoms with E-state index in [2.05, 4.69) is 43.2 Å². The lowest BCUT2D eigenvalue weighted by atomic mass is 10.2. The summed E-state index contributed by atoms with van der Waals surface area (Å²) >= 11 is 3.59. The Balaban J connectivity index is 2.34. The molecule has 2 nitrogen and oxygen atoms in total. The van der Waals surface area contributed by atoms with Gasteiger partial charge in [0.1, 0.15) is 0 Å². The number of nitrogens with one attached hydrogen (secondary N) is 1. The SMILES string of the molecule is CCNC(c1ccc(C)s1)c1scnc1C. The summed E-state index contributed by atoms with van der Waals surface area (Å²) in [5.74, 6) is 0. The van der Waals surface area contributed by atoms with Crippen LogP contribution in [0.15, 0.2) is 17.6 Å². The van der Waals surface area contributed by atoms with Crippen LogP contribution in [-0.4, -0.2) is 11.5 Å². The standard InChI is InChI=1S/C12H16N2S2/c1-4-13-11(10-6-5-8(2)16-10)12-9(3)14-7-15-12/h5-7,11,13H,4H2,1-3H3. The van der Waals surface area contributed by atoms with Crippen molar-refractivity contribution in [2.24, 2.45) is 0 Å². The number of aromatic nitrogens is 1. The fourth-order valence-corrected chi connectivity index (χ4v) is 3.65. The molecule has 2 aromatic heterocycles. The zero-order valence-corrected chi connectivity index (χ0v) is 11.4. The summed E-state index contributed by atoms with van der Waals surface area (Å²) in [6.07, 6.45) is 0. The predicted molar refractivity (Wildman–Crippen MR) is 71.4 cm³/mol. The van der Waals surface area contributed by atoms with Crippen molar-refractivity contribution in [3.63, 3.8) is 0 Å². The zero-order chi connectivity index (χ0) is 11.5. The summed E-state index contributed by atoms with van der Waals surface area (Å²) < 4.78 is 0. The van der Waals surface area contributed by atoms with Crippen LogP contribution in [0.5, 0.6) is 0 Å². The number of hydrogen-bond acceptors (Lipinski definition) is 4. The smallest absolute Gasteiger partial charge is 0.0798 e. The van der Waals surface area contributed by atoms with Crippen molar-refractivity contribution in [1.29, 1.82) is 0 Å². The third kappa shape index (κ3) is 2.34. The van der Waals surface area contributed by atoms with E-state index in [-0.39, 0.29) is 0 Å². The van der Waals surface area contributed by atoms with Gasteiger partial charge in [-0.3, -0.25) is 0 Å². The van der Waals surface area contributed by atoms with Gasteiger partial charge in [-0.05, 0) is 32.5 Å². The summed E-state index contributed by atoms with van der Waals surface area (Å²) in [5.41, 5.74) is 3.07. The van der Waals surface area contributed by atoms with E-state index in [1.807, 2.05) is 16.8 Å². The maximum Gasteiger partial charge on any atom is 0.0798 e. The molecule has 0 aliphatic heterocycles. The number of aryl methyl sites for hydroxylation is 2. The minimum atomic E-state index is 0.316. The van der Waals surface area contributed by atoms with E-state index in [1.54, 1.807) is 11.3 Å². The van der Waals surface area contributed by atoms with Crippen LogP contribution < -0.4 is 5.32 Å². The molecule has 2 aromatic rings. The summed E-state index contributed by atoms with van der Waals surface area (Å²) in [4.78, 5) is 8.41. The van der Waals surface area contributed by atoms with E-state index in [0.717, 1.165) is 12.2 Å². The highest BCUT2D eigenvalue weighted by Crippen LogP contribution is 2.31. The second-order valence-corrected chi connectivity index (χ2v) is 5.95. The molecule has 4 heteroatoms. The van der Waals surface area contributed by atoms with Crippen LogP contribution in [0.3, 0.4) is 0 Å². The first-order valence-corrected chi connectivity index (χ1v) is 7.11. The van der Waals surface area contributed by atoms with Crippen LogP contribution in [-0.2, 0) is 0 Å². The molecule has 2 heterocycles. The molecule has 0 amide bonds. The molecule has 0 aliphatic rings. The number of thiazole rings is 1. The number of thiophene rings is 1. The predicted octanol–water partition coefficient (Wildman–Crippen LogP) is 3.52. The molecule has 2 rings (SSSR count). The Morgan fingerprint density at radius 1 is 1.38 bits per heavy atom. The molecule has 0 aromatic carbocycles. The average molecular weight is 252 g/mol. The lowest BCUT2D eigenvalue weighted by Crippen LogP contribution is -2.20. The summed E-state index contributed by atoms with van der Waals surface area (Å²) in [5, 5.41) is 3.54. The molecule has 1 unspecified atom stereocenters. The number of rotatable bonds is 4. The van der Waals surface area contributed by atoms with Gasteiger partial charge in [0.15, 0.2) is 0 Å². The lowest BCUT2D eigenvalue weighted by molar-refractivity contribution is 0.644. The molecular formula is C12H16N2S2. The normalized spacial score (nSPS) is 12.9. The van der Waals surface area contributed by atoms with Gasteiger partial charge in [-0.1, -0.05) is 6.92 Å². The van der Waals surface area contributed by atoms with Gasteiger partial charge in [0.05, 0.1) is 17.2 Å². The highest BCUT2D eigenvalue weighted by molar-refractivity contribution is 7.12. The zero-order valence-electron chi connectivity index (χ0n) is 9.78. The van der Waals surface area contributed by atoms with E-state index < -0.39 is 0 Å². The number of hydrogen-bond donors (Lipinski definition) is 1. The summed E-state index contributed by atoms with van der Waals surface area (Å²) in [6, 6.07) is 4.71. The van der Waals surface area contributed by atoms with Crippen molar-refractivity contribution in [1.82, 2.24) is 10.3 Å². The Hall–Kier alpha value is -0.710. The third-order valence-electron chi connectivity index (χ3n) is 2.50. The van der Waals surface area contributed by atoms with Gasteiger partial charge < -0.3 is 5.32 Å². The lowest BCUT2D eigenvalue weighted by Gasteiger charge is -2.15. The molecule has 0 spiro atoms. The maximum atomic E-state index is 4.34. The quantitative estimate of drug-likeness (QED) is 0.900. The van der Waals surface area contributed by atoms with Crippen molar-refractivity contribution in [2.75, 3.05) is 6.54 Å². The van der Waals surface area contributed by atoms with Crippen LogP contribution in [0.4, 0.5) is 0 Å². The van der Waals surface area contributed by atoms with E-state index in [4.69, 9.17) is 0 Å². The molecule has 0 bridgehead atoms.